The van der Waals surface area contributed by atoms with Gasteiger partial charge in [-0.15, -0.1) is 0 Å². The number of oxazole rings is 1. The molecule has 0 aliphatic carbocycles. The first-order chi connectivity index (χ1) is 10.0. The monoisotopic (exact) mass is 300 g/mol. The Hall–Kier alpha value is -2.14. The molecule has 0 saturated carbocycles. The molecule has 0 amide bonds. The minimum absolute atomic E-state index is 0.261. The van der Waals surface area contributed by atoms with E-state index >= 15 is 0 Å². The van der Waals surface area contributed by atoms with Crippen LogP contribution in [0.1, 0.15) is 17.0 Å². The van der Waals surface area contributed by atoms with Crippen molar-refractivity contribution in [3.05, 3.63) is 53.4 Å². The highest BCUT2D eigenvalue weighted by molar-refractivity contribution is 7.84. The molecule has 1 heterocycles. The number of rotatable bonds is 3. The molecule has 0 aliphatic heterocycles. The fourth-order valence-corrected chi connectivity index (χ4v) is 3.15. The highest BCUT2D eigenvalue weighted by atomic mass is 32.2. The van der Waals surface area contributed by atoms with E-state index in [2.05, 4.69) is 4.98 Å². The maximum Gasteiger partial charge on any atom is 0.208 e. The van der Waals surface area contributed by atoms with Crippen molar-refractivity contribution in [2.24, 2.45) is 0 Å². The molecule has 0 radical (unpaired) electrons. The summed E-state index contributed by atoms with van der Waals surface area (Å²) >= 11 is 0. The minimum Gasteiger partial charge on any atom is -0.440 e. The van der Waals surface area contributed by atoms with Crippen molar-refractivity contribution in [3.63, 3.8) is 0 Å². The smallest absolute Gasteiger partial charge is 0.208 e. The number of benzene rings is 2. The predicted molar refractivity (Wildman–Crippen MR) is 84.4 cm³/mol. The van der Waals surface area contributed by atoms with Crippen LogP contribution in [-0.2, 0) is 16.6 Å². The molecule has 1 aromatic heterocycles. The second-order valence-electron chi connectivity index (χ2n) is 5.07. The lowest BCUT2D eigenvalue weighted by Gasteiger charge is -2.03. The summed E-state index contributed by atoms with van der Waals surface area (Å²) in [6.45, 7) is 4.05. The van der Waals surface area contributed by atoms with E-state index in [4.69, 9.17) is 10.2 Å². The maximum atomic E-state index is 12.4. The van der Waals surface area contributed by atoms with Gasteiger partial charge in [0.25, 0.3) is 0 Å². The molecule has 21 heavy (non-hydrogen) atoms. The maximum absolute atomic E-state index is 12.4. The molecule has 0 aliphatic rings. The number of aromatic nitrogens is 1. The second-order valence-corrected chi connectivity index (χ2v) is 6.52. The van der Waals surface area contributed by atoms with E-state index in [1.807, 2.05) is 32.0 Å². The van der Waals surface area contributed by atoms with Crippen LogP contribution in [-0.4, -0.2) is 9.19 Å². The van der Waals surface area contributed by atoms with Crippen molar-refractivity contribution in [2.45, 2.75) is 24.5 Å². The van der Waals surface area contributed by atoms with Crippen LogP contribution in [0.3, 0.4) is 0 Å². The van der Waals surface area contributed by atoms with E-state index in [1.54, 1.807) is 18.2 Å². The van der Waals surface area contributed by atoms with Gasteiger partial charge >= 0.3 is 0 Å². The van der Waals surface area contributed by atoms with Gasteiger partial charge < -0.3 is 10.2 Å². The van der Waals surface area contributed by atoms with E-state index in [9.17, 15) is 4.21 Å². The first kappa shape index (κ1) is 13.8. The van der Waals surface area contributed by atoms with Gasteiger partial charge in [-0.05, 0) is 55.3 Å². The first-order valence-corrected chi connectivity index (χ1v) is 7.95. The summed E-state index contributed by atoms with van der Waals surface area (Å²) < 4.78 is 18.0. The van der Waals surface area contributed by atoms with Crippen LogP contribution >= 0.6 is 0 Å². The lowest BCUT2D eigenvalue weighted by molar-refractivity contribution is 0.552. The number of hydrogen-bond acceptors (Lipinski definition) is 4. The number of nitrogen functional groups attached to an aromatic ring is 1. The molecule has 0 bridgehead atoms. The Balaban J connectivity index is 1.87. The third-order valence-corrected chi connectivity index (χ3v) is 4.74. The summed E-state index contributed by atoms with van der Waals surface area (Å²) in [5, 5.41) is 0. The summed E-state index contributed by atoms with van der Waals surface area (Å²) in [6.07, 6.45) is 0. The van der Waals surface area contributed by atoms with Crippen LogP contribution in [0.25, 0.3) is 11.1 Å². The lowest BCUT2D eigenvalue weighted by atomic mass is 10.1. The summed E-state index contributed by atoms with van der Waals surface area (Å²) in [4.78, 5) is 5.13. The molecular formula is C16H16N2O2S. The highest BCUT2D eigenvalue weighted by Gasteiger charge is 2.12. The minimum atomic E-state index is -1.17. The largest absolute Gasteiger partial charge is 0.440 e. The van der Waals surface area contributed by atoms with E-state index in [0.29, 0.717) is 22.7 Å². The molecule has 3 aromatic rings. The van der Waals surface area contributed by atoms with E-state index in [0.717, 1.165) is 10.5 Å². The van der Waals surface area contributed by atoms with E-state index in [1.165, 1.54) is 5.56 Å². The van der Waals surface area contributed by atoms with Gasteiger partial charge in [0.2, 0.25) is 5.89 Å². The third kappa shape index (κ3) is 2.83. The summed E-state index contributed by atoms with van der Waals surface area (Å²) in [5.41, 5.74) is 10.0. The van der Waals surface area contributed by atoms with Crippen molar-refractivity contribution < 1.29 is 8.63 Å². The van der Waals surface area contributed by atoms with Gasteiger partial charge in [0.15, 0.2) is 5.58 Å². The predicted octanol–water partition coefficient (Wildman–Crippen LogP) is 3.33. The molecule has 3 rings (SSSR count). The Labute approximate surface area is 125 Å². The molecule has 0 spiro atoms. The van der Waals surface area contributed by atoms with Gasteiger partial charge in [-0.3, -0.25) is 4.21 Å². The zero-order valence-electron chi connectivity index (χ0n) is 11.9. The number of aryl methyl sites for hydroxylation is 2. The van der Waals surface area contributed by atoms with Crippen molar-refractivity contribution in [2.75, 3.05) is 5.73 Å². The SMILES string of the molecule is Cc1ccc(S(=O)Cc2nc3cc(N)ccc3o2)cc1C. The lowest BCUT2D eigenvalue weighted by Crippen LogP contribution is -1.97. The van der Waals surface area contributed by atoms with Crippen LogP contribution in [0.2, 0.25) is 0 Å². The number of nitrogens with zero attached hydrogens (tertiary/aromatic N) is 1. The number of nitrogens with two attached hydrogens (primary N) is 1. The van der Waals surface area contributed by atoms with Gasteiger partial charge in [0, 0.05) is 10.6 Å². The Morgan fingerprint density at radius 3 is 2.71 bits per heavy atom. The third-order valence-electron chi connectivity index (χ3n) is 3.45. The molecule has 0 saturated heterocycles. The van der Waals surface area contributed by atoms with Gasteiger partial charge in [-0.1, -0.05) is 6.07 Å². The Morgan fingerprint density at radius 1 is 1.14 bits per heavy atom. The van der Waals surface area contributed by atoms with Crippen LogP contribution in [0, 0.1) is 13.8 Å². The van der Waals surface area contributed by atoms with Gasteiger partial charge in [0.1, 0.15) is 11.3 Å². The first-order valence-electron chi connectivity index (χ1n) is 6.63. The Kier molecular flexibility index (Phi) is 3.51. The Morgan fingerprint density at radius 2 is 1.95 bits per heavy atom. The molecule has 0 fully saturated rings. The van der Waals surface area contributed by atoms with E-state index in [-0.39, 0.29) is 5.75 Å². The van der Waals surface area contributed by atoms with E-state index < -0.39 is 10.8 Å². The molecule has 2 N–H and O–H groups in total. The van der Waals surface area contributed by atoms with Crippen LogP contribution < -0.4 is 5.73 Å². The molecule has 108 valence electrons. The molecule has 1 atom stereocenters. The van der Waals surface area contributed by atoms with Crippen molar-refractivity contribution >= 4 is 27.6 Å². The number of hydrogen-bond donors (Lipinski definition) is 1. The van der Waals surface area contributed by atoms with Crippen LogP contribution in [0.15, 0.2) is 45.7 Å². The average Bonchev–Trinajstić information content (AvgIpc) is 2.83. The van der Waals surface area contributed by atoms with Crippen molar-refractivity contribution in [1.82, 2.24) is 4.98 Å². The van der Waals surface area contributed by atoms with Gasteiger partial charge in [-0.25, -0.2) is 4.98 Å². The summed E-state index contributed by atoms with van der Waals surface area (Å²) in [6, 6.07) is 11.1. The van der Waals surface area contributed by atoms with Gasteiger partial charge in [0.05, 0.1) is 10.8 Å². The fourth-order valence-electron chi connectivity index (χ4n) is 2.10. The molecule has 4 nitrogen and oxygen atoms in total. The molecule has 5 heteroatoms. The average molecular weight is 300 g/mol. The Bertz CT molecular complexity index is 839. The zero-order valence-corrected chi connectivity index (χ0v) is 12.7. The fraction of sp³-hybridized carbons (Fsp3) is 0.188. The molecular weight excluding hydrogens is 284 g/mol. The highest BCUT2D eigenvalue weighted by Crippen LogP contribution is 2.21. The van der Waals surface area contributed by atoms with Crippen molar-refractivity contribution in [3.8, 4) is 0 Å². The molecule has 1 unspecified atom stereocenters. The quantitative estimate of drug-likeness (QED) is 0.753. The number of anilines is 1. The second kappa shape index (κ2) is 5.33. The van der Waals surface area contributed by atoms with Gasteiger partial charge in [-0.2, -0.15) is 0 Å². The van der Waals surface area contributed by atoms with Crippen LogP contribution in [0.4, 0.5) is 5.69 Å². The standard InChI is InChI=1S/C16H16N2O2S/c1-10-3-5-13(7-11(10)2)21(19)9-16-18-14-8-12(17)4-6-15(14)20-16/h3-8H,9,17H2,1-2H3. The normalized spacial score (nSPS) is 12.7. The topological polar surface area (TPSA) is 69.1 Å². The summed E-state index contributed by atoms with van der Waals surface area (Å²) in [5.74, 6) is 0.726. The number of fused-ring (bicyclic) bond motifs is 1. The van der Waals surface area contributed by atoms with Crippen LogP contribution in [0.5, 0.6) is 0 Å². The summed E-state index contributed by atoms with van der Waals surface area (Å²) in [7, 11) is -1.17. The van der Waals surface area contributed by atoms with Crippen molar-refractivity contribution in [1.29, 1.82) is 0 Å². The molecule has 2 aromatic carbocycles. The zero-order chi connectivity index (χ0) is 15.0.